The second-order valence-electron chi connectivity index (χ2n) is 6.78. The highest BCUT2D eigenvalue weighted by atomic mass is 79.9. The molecule has 0 aromatic carbocycles. The molecule has 0 nitrogen and oxygen atoms in total. The Bertz CT molecular complexity index is 430. The van der Waals surface area contributed by atoms with Gasteiger partial charge >= 0.3 is 0 Å². The van der Waals surface area contributed by atoms with E-state index in [-0.39, 0.29) is 0 Å². The Labute approximate surface area is 130 Å². The largest absolute Gasteiger partial charge is 0.146 e. The standard InChI is InChI=1S/C15H18Br2S/c16-12-1-2-18-13(12)14(17)15-6-9-3-10(7-15)5-11(4-9)8-15/h1-2,9-11,14H,3-8H2. The van der Waals surface area contributed by atoms with Gasteiger partial charge in [-0.25, -0.2) is 0 Å². The Morgan fingerprint density at radius 3 is 2.11 bits per heavy atom. The molecule has 0 amide bonds. The van der Waals surface area contributed by atoms with Crippen LogP contribution < -0.4 is 0 Å². The molecule has 4 aliphatic carbocycles. The lowest BCUT2D eigenvalue weighted by Gasteiger charge is -2.58. The van der Waals surface area contributed by atoms with E-state index in [1.807, 2.05) is 11.3 Å². The van der Waals surface area contributed by atoms with E-state index in [1.165, 1.54) is 47.9 Å². The maximum absolute atomic E-state index is 4.08. The van der Waals surface area contributed by atoms with Crippen molar-refractivity contribution in [1.29, 1.82) is 0 Å². The Kier molecular flexibility index (Phi) is 2.98. The highest BCUT2D eigenvalue weighted by molar-refractivity contribution is 9.11. The number of hydrogen-bond donors (Lipinski definition) is 0. The van der Waals surface area contributed by atoms with Crippen LogP contribution in [-0.2, 0) is 0 Å². The van der Waals surface area contributed by atoms with Crippen LogP contribution in [0.2, 0.25) is 0 Å². The summed E-state index contributed by atoms with van der Waals surface area (Å²) in [7, 11) is 0. The molecule has 3 heteroatoms. The van der Waals surface area contributed by atoms with E-state index in [0.717, 1.165) is 17.8 Å². The molecule has 1 unspecified atom stereocenters. The third-order valence-electron chi connectivity index (χ3n) is 5.50. The fourth-order valence-electron chi connectivity index (χ4n) is 5.25. The molecule has 5 rings (SSSR count). The summed E-state index contributed by atoms with van der Waals surface area (Å²) in [4.78, 5) is 2.10. The number of rotatable bonds is 2. The summed E-state index contributed by atoms with van der Waals surface area (Å²) in [5.74, 6) is 3.11. The minimum Gasteiger partial charge on any atom is -0.146 e. The van der Waals surface area contributed by atoms with Gasteiger partial charge in [-0.1, -0.05) is 15.9 Å². The molecular formula is C15H18Br2S. The number of thiophene rings is 1. The fourth-order valence-corrected chi connectivity index (χ4v) is 8.41. The summed E-state index contributed by atoms with van der Waals surface area (Å²) in [5.41, 5.74) is 0.572. The zero-order valence-corrected chi connectivity index (χ0v) is 14.4. The van der Waals surface area contributed by atoms with E-state index in [4.69, 9.17) is 0 Å². The molecule has 0 N–H and O–H groups in total. The van der Waals surface area contributed by atoms with Gasteiger partial charge in [-0.05, 0) is 89.1 Å². The number of hydrogen-bond acceptors (Lipinski definition) is 1. The summed E-state index contributed by atoms with van der Waals surface area (Å²) < 4.78 is 1.31. The van der Waals surface area contributed by atoms with Crippen molar-refractivity contribution < 1.29 is 0 Å². The monoisotopic (exact) mass is 388 g/mol. The summed E-state index contributed by atoms with van der Waals surface area (Å²) in [6, 6.07) is 2.20. The second-order valence-corrected chi connectivity index (χ2v) is 9.49. The van der Waals surface area contributed by atoms with Crippen LogP contribution in [0.1, 0.15) is 48.2 Å². The van der Waals surface area contributed by atoms with Gasteiger partial charge in [-0.2, -0.15) is 0 Å². The Balaban J connectivity index is 1.69. The summed E-state index contributed by atoms with van der Waals surface area (Å²) in [6.45, 7) is 0. The molecule has 4 aliphatic rings. The average Bonchev–Trinajstić information content (AvgIpc) is 2.72. The fraction of sp³-hybridized carbons (Fsp3) is 0.733. The first-order valence-electron chi connectivity index (χ1n) is 7.03. The second kappa shape index (κ2) is 4.33. The van der Waals surface area contributed by atoms with Crippen molar-refractivity contribution in [3.8, 4) is 0 Å². The van der Waals surface area contributed by atoms with Crippen molar-refractivity contribution in [1.82, 2.24) is 0 Å². The van der Waals surface area contributed by atoms with Crippen LogP contribution in [0.15, 0.2) is 15.9 Å². The van der Waals surface area contributed by atoms with Crippen molar-refractivity contribution in [2.24, 2.45) is 23.2 Å². The van der Waals surface area contributed by atoms with Gasteiger partial charge in [0.25, 0.3) is 0 Å². The Hall–Kier alpha value is 0.660. The SMILES string of the molecule is Brc1ccsc1C(Br)C12CC3CC(CC(C3)C1)C2. The van der Waals surface area contributed by atoms with Gasteiger partial charge in [-0.3, -0.25) is 0 Å². The lowest BCUT2D eigenvalue weighted by atomic mass is 9.49. The van der Waals surface area contributed by atoms with Crippen LogP contribution in [0.25, 0.3) is 0 Å². The molecule has 0 saturated heterocycles. The summed E-state index contributed by atoms with van der Waals surface area (Å²) in [6.07, 6.45) is 9.01. The van der Waals surface area contributed by atoms with Crippen LogP contribution in [-0.4, -0.2) is 0 Å². The first-order chi connectivity index (χ1) is 8.66. The van der Waals surface area contributed by atoms with E-state index < -0.39 is 0 Å². The van der Waals surface area contributed by atoms with E-state index >= 15 is 0 Å². The molecule has 4 saturated carbocycles. The van der Waals surface area contributed by atoms with Crippen LogP contribution in [0, 0.1) is 23.2 Å². The van der Waals surface area contributed by atoms with Gasteiger partial charge in [-0.15, -0.1) is 11.3 Å². The third-order valence-corrected chi connectivity index (χ3v) is 9.17. The van der Waals surface area contributed by atoms with Crippen molar-refractivity contribution in [3.63, 3.8) is 0 Å². The van der Waals surface area contributed by atoms with E-state index in [2.05, 4.69) is 43.3 Å². The molecule has 1 atom stereocenters. The van der Waals surface area contributed by atoms with Gasteiger partial charge in [0.15, 0.2) is 0 Å². The quantitative estimate of drug-likeness (QED) is 0.531. The van der Waals surface area contributed by atoms with Crippen molar-refractivity contribution in [3.05, 3.63) is 20.8 Å². The summed E-state index contributed by atoms with van der Waals surface area (Å²) >= 11 is 9.72. The highest BCUT2D eigenvalue weighted by Crippen LogP contribution is 2.66. The lowest BCUT2D eigenvalue weighted by molar-refractivity contribution is -0.0525. The Morgan fingerprint density at radius 1 is 1.11 bits per heavy atom. The predicted octanol–water partition coefficient (Wildman–Crippen LogP) is 6.16. The zero-order valence-electron chi connectivity index (χ0n) is 10.4. The van der Waals surface area contributed by atoms with Crippen molar-refractivity contribution in [2.75, 3.05) is 0 Å². The molecule has 1 aromatic heterocycles. The Morgan fingerprint density at radius 2 is 1.67 bits per heavy atom. The van der Waals surface area contributed by atoms with Crippen molar-refractivity contribution in [2.45, 2.75) is 43.4 Å². The molecule has 1 aromatic rings. The van der Waals surface area contributed by atoms with Crippen LogP contribution in [0.4, 0.5) is 0 Å². The van der Waals surface area contributed by atoms with Crippen LogP contribution in [0.5, 0.6) is 0 Å². The van der Waals surface area contributed by atoms with Crippen LogP contribution in [0.3, 0.4) is 0 Å². The van der Waals surface area contributed by atoms with E-state index in [0.29, 0.717) is 10.2 Å². The van der Waals surface area contributed by atoms with Gasteiger partial charge in [0.1, 0.15) is 0 Å². The highest BCUT2D eigenvalue weighted by Gasteiger charge is 2.54. The van der Waals surface area contributed by atoms with E-state index in [1.54, 1.807) is 0 Å². The maximum atomic E-state index is 4.08. The lowest BCUT2D eigenvalue weighted by Crippen LogP contribution is -2.47. The minimum absolute atomic E-state index is 0.572. The first kappa shape index (κ1) is 12.4. The van der Waals surface area contributed by atoms with Gasteiger partial charge in [0.05, 0.1) is 4.83 Å². The van der Waals surface area contributed by atoms with Gasteiger partial charge in [0.2, 0.25) is 0 Å². The topological polar surface area (TPSA) is 0 Å². The van der Waals surface area contributed by atoms with Crippen molar-refractivity contribution >= 4 is 43.2 Å². The van der Waals surface area contributed by atoms with E-state index in [9.17, 15) is 0 Å². The molecule has 4 fully saturated rings. The number of alkyl halides is 1. The summed E-state index contributed by atoms with van der Waals surface area (Å²) in [5, 5.41) is 2.22. The minimum atomic E-state index is 0.572. The molecule has 0 radical (unpaired) electrons. The molecule has 1 heterocycles. The molecule has 18 heavy (non-hydrogen) atoms. The van der Waals surface area contributed by atoms with Gasteiger partial charge in [0, 0.05) is 9.35 Å². The molecule has 0 aliphatic heterocycles. The normalized spacial score (nSPS) is 43.3. The molecular weight excluding hydrogens is 372 g/mol. The molecule has 98 valence electrons. The third kappa shape index (κ3) is 1.80. The molecule has 4 bridgehead atoms. The maximum Gasteiger partial charge on any atom is 0.0556 e. The number of halogens is 2. The smallest absolute Gasteiger partial charge is 0.0556 e. The molecule has 0 spiro atoms. The first-order valence-corrected chi connectivity index (χ1v) is 9.62. The van der Waals surface area contributed by atoms with Gasteiger partial charge < -0.3 is 0 Å². The zero-order chi connectivity index (χ0) is 12.3. The average molecular weight is 390 g/mol. The van der Waals surface area contributed by atoms with Crippen LogP contribution >= 0.6 is 43.2 Å². The predicted molar refractivity (Wildman–Crippen MR) is 84.3 cm³/mol.